The summed E-state index contributed by atoms with van der Waals surface area (Å²) in [6, 6.07) is 0. The second kappa shape index (κ2) is 2.36. The van der Waals surface area contributed by atoms with Crippen molar-refractivity contribution < 1.29 is 5.11 Å². The van der Waals surface area contributed by atoms with Crippen LogP contribution < -0.4 is 3.95 Å². The van der Waals surface area contributed by atoms with E-state index in [4.69, 9.17) is 3.95 Å². The van der Waals surface area contributed by atoms with Gasteiger partial charge in [0.15, 0.2) is 0 Å². The van der Waals surface area contributed by atoms with Crippen LogP contribution in [0.4, 0.5) is 0 Å². The quantitative estimate of drug-likeness (QED) is 0.432. The van der Waals surface area contributed by atoms with Gasteiger partial charge in [0.05, 0.1) is 0 Å². The fourth-order valence-corrected chi connectivity index (χ4v) is 8.72. The Hall–Kier alpha value is 0.650. The van der Waals surface area contributed by atoms with Gasteiger partial charge < -0.3 is 0 Å². The van der Waals surface area contributed by atoms with E-state index in [1.54, 1.807) is 0 Å². The fraction of sp³-hybridized carbons (Fsp3) is 1.00. The Labute approximate surface area is 80.6 Å². The van der Waals surface area contributed by atoms with Crippen molar-refractivity contribution in [3.63, 3.8) is 0 Å². The minimum absolute atomic E-state index is 0.238. The Morgan fingerprint density at radius 3 is 2.50 bits per heavy atom. The summed E-state index contributed by atoms with van der Waals surface area (Å²) >= 11 is -1.18. The van der Waals surface area contributed by atoms with Gasteiger partial charge in [-0.2, -0.15) is 0 Å². The van der Waals surface area contributed by atoms with Crippen LogP contribution >= 0.6 is 20.1 Å². The first kappa shape index (κ1) is 8.00. The van der Waals surface area contributed by atoms with Crippen molar-refractivity contribution in [3.8, 4) is 0 Å². The predicted octanol–water partition coefficient (Wildman–Crippen LogP) is 1.30. The van der Waals surface area contributed by atoms with Gasteiger partial charge in [0.2, 0.25) is 0 Å². The molecule has 2 nitrogen and oxygen atoms in total. The Morgan fingerprint density at radius 1 is 1.25 bits per heavy atom. The van der Waals surface area contributed by atoms with Crippen LogP contribution in [0.15, 0.2) is 0 Å². The molecule has 3 heteroatoms. The van der Waals surface area contributed by atoms with Crippen molar-refractivity contribution in [1.29, 1.82) is 0 Å². The first-order valence-electron chi connectivity index (χ1n) is 4.83. The number of rotatable bonds is 1. The summed E-state index contributed by atoms with van der Waals surface area (Å²) in [4.78, 5) is 0. The minimum atomic E-state index is -1.18. The molecule has 0 radical (unpaired) electrons. The number of hydrogen-bond donors (Lipinski definition) is 2. The summed E-state index contributed by atoms with van der Waals surface area (Å²) in [5.41, 5.74) is -0.238. The summed E-state index contributed by atoms with van der Waals surface area (Å²) in [6.45, 7) is 0. The van der Waals surface area contributed by atoms with Gasteiger partial charge in [-0.3, -0.25) is 0 Å². The maximum absolute atomic E-state index is 10.5. The molecule has 0 aromatic carbocycles. The van der Waals surface area contributed by atoms with Gasteiger partial charge in [-0.25, -0.2) is 0 Å². The zero-order valence-corrected chi connectivity index (χ0v) is 9.33. The van der Waals surface area contributed by atoms with E-state index in [0.29, 0.717) is 15.8 Å². The SMILES string of the molecule is NI1CCC2CC1C2(O)C1CC1. The van der Waals surface area contributed by atoms with Crippen LogP contribution in [0.5, 0.6) is 0 Å². The topological polar surface area (TPSA) is 46.2 Å². The Kier molecular flexibility index (Phi) is 1.57. The molecule has 4 fully saturated rings. The molecule has 2 saturated heterocycles. The molecule has 3 unspecified atom stereocenters. The standard InChI is InChI=1S/C9H16INO/c11-10-4-3-7-5-8(10)9(7,12)6-1-2-6/h6-8,12H,1-5,11H2. The van der Waals surface area contributed by atoms with Crippen LogP contribution in [-0.4, -0.2) is 19.1 Å². The molecule has 4 aliphatic rings. The van der Waals surface area contributed by atoms with Crippen LogP contribution in [0.25, 0.3) is 0 Å². The summed E-state index contributed by atoms with van der Waals surface area (Å²) in [7, 11) is 0. The molecule has 2 aliphatic heterocycles. The molecule has 4 rings (SSSR count). The number of halogens is 1. The molecule has 2 heterocycles. The van der Waals surface area contributed by atoms with Crippen molar-refractivity contribution in [3.05, 3.63) is 0 Å². The van der Waals surface area contributed by atoms with Gasteiger partial charge in [-0.15, -0.1) is 0 Å². The van der Waals surface area contributed by atoms with Crippen molar-refractivity contribution in [1.82, 2.24) is 0 Å². The van der Waals surface area contributed by atoms with Gasteiger partial charge in [0.25, 0.3) is 0 Å². The average molecular weight is 281 g/mol. The van der Waals surface area contributed by atoms with E-state index in [0.717, 1.165) is 0 Å². The van der Waals surface area contributed by atoms with Crippen molar-refractivity contribution in [2.24, 2.45) is 15.8 Å². The zero-order chi connectivity index (χ0) is 8.34. The molecular formula is C9H16INO. The average Bonchev–Trinajstić information content (AvgIpc) is 2.84. The summed E-state index contributed by atoms with van der Waals surface area (Å²) in [6.07, 6.45) is 5.06. The van der Waals surface area contributed by atoms with E-state index in [1.807, 2.05) is 0 Å². The molecule has 3 atom stereocenters. The number of aliphatic hydroxyl groups is 1. The zero-order valence-electron chi connectivity index (χ0n) is 7.17. The Balaban J connectivity index is 1.87. The van der Waals surface area contributed by atoms with E-state index in [2.05, 4.69) is 0 Å². The molecule has 12 heavy (non-hydrogen) atoms. The fourth-order valence-electron chi connectivity index (χ4n) is 2.93. The van der Waals surface area contributed by atoms with Crippen LogP contribution in [0.1, 0.15) is 25.7 Å². The van der Waals surface area contributed by atoms with Gasteiger partial charge >= 0.3 is 80.6 Å². The van der Waals surface area contributed by atoms with E-state index < -0.39 is 20.1 Å². The molecular weight excluding hydrogens is 265 g/mol. The Bertz CT molecular complexity index is 217. The van der Waals surface area contributed by atoms with Crippen LogP contribution in [0.2, 0.25) is 0 Å². The molecule has 2 bridgehead atoms. The third kappa shape index (κ3) is 0.826. The number of hydrogen-bond acceptors (Lipinski definition) is 2. The van der Waals surface area contributed by atoms with Crippen LogP contribution in [-0.2, 0) is 0 Å². The van der Waals surface area contributed by atoms with E-state index in [9.17, 15) is 5.11 Å². The van der Waals surface area contributed by atoms with E-state index in [-0.39, 0.29) is 5.60 Å². The molecule has 2 aliphatic carbocycles. The molecule has 3 N–H and O–H groups in total. The molecule has 0 spiro atoms. The van der Waals surface area contributed by atoms with Gasteiger partial charge in [-0.05, 0) is 0 Å². The second-order valence-electron chi connectivity index (χ2n) is 4.47. The second-order valence-corrected chi connectivity index (χ2v) is 9.54. The van der Waals surface area contributed by atoms with E-state index in [1.165, 1.54) is 30.1 Å². The summed E-state index contributed by atoms with van der Waals surface area (Å²) in [5.74, 6) is 1.30. The molecule has 2 saturated carbocycles. The summed E-state index contributed by atoms with van der Waals surface area (Å²) < 4.78 is 8.06. The molecule has 0 amide bonds. The van der Waals surface area contributed by atoms with Crippen molar-refractivity contribution >= 4 is 20.1 Å². The molecule has 0 aromatic heterocycles. The third-order valence-electron chi connectivity index (χ3n) is 3.89. The predicted molar refractivity (Wildman–Crippen MR) is 57.3 cm³/mol. The Morgan fingerprint density at radius 2 is 2.00 bits per heavy atom. The third-order valence-corrected chi connectivity index (χ3v) is 9.20. The van der Waals surface area contributed by atoms with E-state index >= 15 is 0 Å². The van der Waals surface area contributed by atoms with Crippen LogP contribution in [0, 0.1) is 11.8 Å². The maximum atomic E-state index is 10.5. The monoisotopic (exact) mass is 281 g/mol. The normalized spacial score (nSPS) is 55.0. The summed E-state index contributed by atoms with van der Waals surface area (Å²) in [5, 5.41) is 10.5. The van der Waals surface area contributed by atoms with Crippen molar-refractivity contribution in [2.75, 3.05) is 4.43 Å². The molecule has 70 valence electrons. The molecule has 0 aromatic rings. The van der Waals surface area contributed by atoms with Crippen molar-refractivity contribution in [2.45, 2.75) is 35.2 Å². The number of nitrogens with two attached hydrogens (primary N) is 1. The first-order valence-corrected chi connectivity index (χ1v) is 8.85. The number of fused-ring (bicyclic) bond motifs is 2. The first-order chi connectivity index (χ1) is 5.73. The van der Waals surface area contributed by atoms with Gasteiger partial charge in [0.1, 0.15) is 0 Å². The van der Waals surface area contributed by atoms with Gasteiger partial charge in [-0.1, -0.05) is 0 Å². The van der Waals surface area contributed by atoms with Crippen LogP contribution in [0.3, 0.4) is 0 Å². The van der Waals surface area contributed by atoms with Gasteiger partial charge in [0, 0.05) is 0 Å². The number of alkyl halides is 2.